The molecular formula is C21H29NO6. The second kappa shape index (κ2) is 9.39. The highest BCUT2D eigenvalue weighted by Crippen LogP contribution is 2.23. The molecule has 0 aromatic heterocycles. The first-order chi connectivity index (χ1) is 12.8. The summed E-state index contributed by atoms with van der Waals surface area (Å²) in [6.07, 6.45) is 1.10. The topological polar surface area (TPSA) is 82.1 Å². The van der Waals surface area contributed by atoms with Crippen LogP contribution in [-0.2, 0) is 19.0 Å². The van der Waals surface area contributed by atoms with Crippen LogP contribution in [0, 0.1) is 0 Å². The zero-order valence-electron chi connectivity index (χ0n) is 17.6. The van der Waals surface area contributed by atoms with Gasteiger partial charge >= 0.3 is 18.2 Å². The minimum absolute atomic E-state index is 0.259. The van der Waals surface area contributed by atoms with Gasteiger partial charge in [0.05, 0.1) is 12.3 Å². The van der Waals surface area contributed by atoms with Gasteiger partial charge in [0.2, 0.25) is 0 Å². The number of amides is 2. The molecule has 2 amide bonds. The van der Waals surface area contributed by atoms with Crippen molar-refractivity contribution in [1.82, 2.24) is 0 Å². The Hall–Kier alpha value is -2.83. The molecule has 0 atom stereocenters. The molecule has 0 radical (unpaired) electrons. The molecule has 0 heterocycles. The summed E-state index contributed by atoms with van der Waals surface area (Å²) in [4.78, 5) is 37.6. The van der Waals surface area contributed by atoms with Crippen molar-refractivity contribution < 1.29 is 28.6 Å². The van der Waals surface area contributed by atoms with Crippen molar-refractivity contribution in [2.75, 3.05) is 11.5 Å². The Kier molecular flexibility index (Phi) is 7.78. The number of ether oxygens (including phenoxy) is 3. The first kappa shape index (κ1) is 23.2. The van der Waals surface area contributed by atoms with Crippen LogP contribution in [0.15, 0.2) is 30.3 Å². The predicted molar refractivity (Wildman–Crippen MR) is 107 cm³/mol. The standard InChI is InChI=1S/C21H29NO6/c1-8-26-17(23)13-12-15-10-9-11-16(14-15)22(18(24)27-20(2,3)4)19(25)28-21(5,6)7/h9-14H,8H2,1-7H3/b13-12+. The first-order valence-electron chi connectivity index (χ1n) is 9.03. The van der Waals surface area contributed by atoms with E-state index in [-0.39, 0.29) is 12.3 Å². The summed E-state index contributed by atoms with van der Waals surface area (Å²) in [6, 6.07) is 6.53. The number of esters is 1. The van der Waals surface area contributed by atoms with Crippen molar-refractivity contribution in [3.05, 3.63) is 35.9 Å². The van der Waals surface area contributed by atoms with Crippen molar-refractivity contribution >= 4 is 29.9 Å². The van der Waals surface area contributed by atoms with Crippen LogP contribution < -0.4 is 4.90 Å². The van der Waals surface area contributed by atoms with Crippen molar-refractivity contribution in [3.63, 3.8) is 0 Å². The summed E-state index contributed by atoms with van der Waals surface area (Å²) in [7, 11) is 0. The van der Waals surface area contributed by atoms with Gasteiger partial charge in [-0.2, -0.15) is 4.90 Å². The van der Waals surface area contributed by atoms with Gasteiger partial charge in [-0.05, 0) is 72.2 Å². The van der Waals surface area contributed by atoms with Gasteiger partial charge in [0.1, 0.15) is 11.2 Å². The van der Waals surface area contributed by atoms with Gasteiger partial charge in [-0.25, -0.2) is 14.4 Å². The van der Waals surface area contributed by atoms with E-state index in [4.69, 9.17) is 14.2 Å². The fraction of sp³-hybridized carbons (Fsp3) is 0.476. The molecule has 0 N–H and O–H groups in total. The van der Waals surface area contributed by atoms with Crippen LogP contribution >= 0.6 is 0 Å². The Morgan fingerprint density at radius 2 is 1.50 bits per heavy atom. The number of anilines is 1. The molecule has 0 bridgehead atoms. The van der Waals surface area contributed by atoms with Crippen molar-refractivity contribution in [2.24, 2.45) is 0 Å². The van der Waals surface area contributed by atoms with E-state index in [9.17, 15) is 14.4 Å². The molecule has 0 aliphatic carbocycles. The van der Waals surface area contributed by atoms with E-state index in [1.165, 1.54) is 12.2 Å². The Balaban J connectivity index is 3.22. The van der Waals surface area contributed by atoms with Gasteiger partial charge in [-0.15, -0.1) is 0 Å². The summed E-state index contributed by atoms with van der Waals surface area (Å²) in [5, 5.41) is 0. The van der Waals surface area contributed by atoms with Crippen molar-refractivity contribution in [1.29, 1.82) is 0 Å². The maximum atomic E-state index is 12.7. The molecule has 7 heteroatoms. The minimum Gasteiger partial charge on any atom is -0.463 e. The van der Waals surface area contributed by atoms with Crippen LogP contribution in [0.25, 0.3) is 6.08 Å². The molecule has 7 nitrogen and oxygen atoms in total. The normalized spacial score (nSPS) is 11.8. The van der Waals surface area contributed by atoms with Crippen LogP contribution in [0.5, 0.6) is 0 Å². The molecule has 0 spiro atoms. The molecule has 1 aromatic carbocycles. The number of carbonyl (C=O) groups is 3. The molecule has 0 unspecified atom stereocenters. The summed E-state index contributed by atoms with van der Waals surface area (Å²) >= 11 is 0. The Labute approximate surface area is 166 Å². The molecule has 154 valence electrons. The Morgan fingerprint density at radius 3 is 1.96 bits per heavy atom. The molecule has 1 aromatic rings. The van der Waals surface area contributed by atoms with Gasteiger partial charge in [0.25, 0.3) is 0 Å². The fourth-order valence-electron chi connectivity index (χ4n) is 2.02. The number of hydrogen-bond acceptors (Lipinski definition) is 6. The van der Waals surface area contributed by atoms with Crippen LogP contribution in [0.4, 0.5) is 15.3 Å². The average molecular weight is 391 g/mol. The van der Waals surface area contributed by atoms with E-state index in [0.29, 0.717) is 5.56 Å². The SMILES string of the molecule is CCOC(=O)/C=C/c1cccc(N(C(=O)OC(C)(C)C)C(=O)OC(C)(C)C)c1. The lowest BCUT2D eigenvalue weighted by molar-refractivity contribution is -0.137. The van der Waals surface area contributed by atoms with E-state index in [0.717, 1.165) is 4.90 Å². The largest absolute Gasteiger partial charge is 0.463 e. The van der Waals surface area contributed by atoms with Gasteiger partial charge in [0, 0.05) is 6.08 Å². The zero-order valence-corrected chi connectivity index (χ0v) is 17.6. The summed E-state index contributed by atoms with van der Waals surface area (Å²) < 4.78 is 15.6. The van der Waals surface area contributed by atoms with E-state index in [1.807, 2.05) is 0 Å². The van der Waals surface area contributed by atoms with Crippen LogP contribution in [-0.4, -0.2) is 36.0 Å². The molecule has 0 saturated carbocycles. The monoisotopic (exact) mass is 391 g/mol. The van der Waals surface area contributed by atoms with E-state index < -0.39 is 29.4 Å². The number of benzene rings is 1. The Morgan fingerprint density at radius 1 is 0.964 bits per heavy atom. The zero-order chi connectivity index (χ0) is 21.5. The average Bonchev–Trinajstić information content (AvgIpc) is 2.50. The van der Waals surface area contributed by atoms with Crippen LogP contribution in [0.1, 0.15) is 54.0 Å². The first-order valence-corrected chi connectivity index (χ1v) is 9.03. The third kappa shape index (κ3) is 8.24. The van der Waals surface area contributed by atoms with Crippen molar-refractivity contribution in [3.8, 4) is 0 Å². The van der Waals surface area contributed by atoms with Crippen molar-refractivity contribution in [2.45, 2.75) is 59.7 Å². The maximum absolute atomic E-state index is 12.7. The molecule has 0 fully saturated rings. The Bertz CT molecular complexity index is 712. The third-order valence-electron chi connectivity index (χ3n) is 2.98. The molecule has 1 rings (SSSR count). The lowest BCUT2D eigenvalue weighted by Crippen LogP contribution is -2.43. The van der Waals surface area contributed by atoms with E-state index >= 15 is 0 Å². The van der Waals surface area contributed by atoms with Gasteiger partial charge in [-0.3, -0.25) is 0 Å². The molecule has 0 aliphatic rings. The highest BCUT2D eigenvalue weighted by Gasteiger charge is 2.32. The summed E-state index contributed by atoms with van der Waals surface area (Å²) in [6.45, 7) is 12.2. The molecule has 0 saturated heterocycles. The summed E-state index contributed by atoms with van der Waals surface area (Å²) in [5.74, 6) is -0.482. The number of imide groups is 1. The second-order valence-electron chi connectivity index (χ2n) is 7.98. The minimum atomic E-state index is -0.853. The van der Waals surface area contributed by atoms with E-state index in [1.54, 1.807) is 72.7 Å². The number of carbonyl (C=O) groups excluding carboxylic acids is 3. The van der Waals surface area contributed by atoms with Gasteiger partial charge < -0.3 is 14.2 Å². The third-order valence-corrected chi connectivity index (χ3v) is 2.98. The van der Waals surface area contributed by atoms with E-state index in [2.05, 4.69) is 0 Å². The summed E-state index contributed by atoms with van der Waals surface area (Å²) in [5.41, 5.74) is -0.727. The molecule has 28 heavy (non-hydrogen) atoms. The van der Waals surface area contributed by atoms with Crippen LogP contribution in [0.2, 0.25) is 0 Å². The predicted octanol–water partition coefficient (Wildman–Crippen LogP) is 4.94. The number of rotatable bonds is 4. The second-order valence-corrected chi connectivity index (χ2v) is 7.98. The fourth-order valence-corrected chi connectivity index (χ4v) is 2.02. The molecule has 0 aliphatic heterocycles. The smallest absolute Gasteiger partial charge is 0.424 e. The number of nitrogens with zero attached hydrogens (tertiary/aromatic N) is 1. The maximum Gasteiger partial charge on any atom is 0.424 e. The number of hydrogen-bond donors (Lipinski definition) is 0. The quantitative estimate of drug-likeness (QED) is 0.411. The highest BCUT2D eigenvalue weighted by atomic mass is 16.6. The van der Waals surface area contributed by atoms with Gasteiger partial charge in [0.15, 0.2) is 0 Å². The lowest BCUT2D eigenvalue weighted by atomic mass is 10.1. The highest BCUT2D eigenvalue weighted by molar-refractivity contribution is 6.09. The van der Waals surface area contributed by atoms with Crippen LogP contribution in [0.3, 0.4) is 0 Å². The van der Waals surface area contributed by atoms with Gasteiger partial charge in [-0.1, -0.05) is 12.1 Å². The lowest BCUT2D eigenvalue weighted by Gasteiger charge is -2.28. The molecular weight excluding hydrogens is 362 g/mol.